The Balaban J connectivity index is 1.98. The van der Waals surface area contributed by atoms with Crippen LogP contribution >= 0.6 is 34.9 Å². The summed E-state index contributed by atoms with van der Waals surface area (Å²) in [7, 11) is 0. The van der Waals surface area contributed by atoms with Gasteiger partial charge in [-0.1, -0.05) is 53.9 Å². The van der Waals surface area contributed by atoms with E-state index in [4.69, 9.17) is 0 Å². The molecule has 0 atom stereocenters. The molecule has 122 valence electrons. The minimum Gasteiger partial charge on any atom is -0.293 e. The second-order valence-corrected chi connectivity index (χ2v) is 8.19. The molecule has 0 N–H and O–H groups in total. The zero-order valence-corrected chi connectivity index (χ0v) is 15.1. The normalized spacial score (nSPS) is 10.7. The Kier molecular flexibility index (Phi) is 6.55. The molecule has 6 nitrogen and oxygen atoms in total. The van der Waals surface area contributed by atoms with Crippen LogP contribution in [0.5, 0.6) is 0 Å². The van der Waals surface area contributed by atoms with Gasteiger partial charge in [-0.25, -0.2) is 0 Å². The van der Waals surface area contributed by atoms with E-state index in [9.17, 15) is 14.9 Å². The van der Waals surface area contributed by atoms with Gasteiger partial charge in [0, 0.05) is 22.9 Å². The van der Waals surface area contributed by atoms with Crippen molar-refractivity contribution in [3.8, 4) is 0 Å². The first-order chi connectivity index (χ1) is 11.0. The van der Waals surface area contributed by atoms with Crippen LogP contribution in [-0.2, 0) is 0 Å². The van der Waals surface area contributed by atoms with Gasteiger partial charge >= 0.3 is 0 Å². The van der Waals surface area contributed by atoms with Crippen molar-refractivity contribution in [1.29, 1.82) is 0 Å². The van der Waals surface area contributed by atoms with Crippen molar-refractivity contribution < 1.29 is 9.72 Å². The molecule has 0 amide bonds. The quantitative estimate of drug-likeness (QED) is 0.298. The summed E-state index contributed by atoms with van der Waals surface area (Å²) in [5.74, 6) is 1.02. The molecule has 0 saturated heterocycles. The van der Waals surface area contributed by atoms with E-state index in [0.29, 0.717) is 11.1 Å². The lowest BCUT2D eigenvalue weighted by Crippen LogP contribution is -2.04. The van der Waals surface area contributed by atoms with Crippen molar-refractivity contribution in [2.24, 2.45) is 0 Å². The molecule has 0 radical (unpaired) electrons. The Morgan fingerprint density at radius 3 is 2.65 bits per heavy atom. The Labute approximate surface area is 146 Å². The lowest BCUT2D eigenvalue weighted by molar-refractivity contribution is -0.385. The fourth-order valence-corrected chi connectivity index (χ4v) is 4.53. The monoisotopic (exact) mass is 369 g/mol. The molecule has 1 aromatic carbocycles. The van der Waals surface area contributed by atoms with Gasteiger partial charge in [-0.2, -0.15) is 0 Å². The number of aromatic nitrogens is 2. The van der Waals surface area contributed by atoms with Crippen molar-refractivity contribution in [3.63, 3.8) is 0 Å². The zero-order chi connectivity index (χ0) is 16.8. The first-order valence-electron chi connectivity index (χ1n) is 6.88. The largest absolute Gasteiger partial charge is 0.293 e. The molecular weight excluding hydrogens is 354 g/mol. The number of Topliss-reactive ketones (excluding diaryl/α,β-unsaturated/α-hetero) is 1. The van der Waals surface area contributed by atoms with Crippen LogP contribution in [0.2, 0.25) is 0 Å². The van der Waals surface area contributed by atoms with Crippen LogP contribution in [0.15, 0.2) is 26.9 Å². The number of thioether (sulfide) groups is 2. The Hall–Kier alpha value is -1.45. The number of aryl methyl sites for hydroxylation is 1. The van der Waals surface area contributed by atoms with Crippen LogP contribution in [0.1, 0.15) is 29.3 Å². The number of hydrogen-bond acceptors (Lipinski definition) is 8. The van der Waals surface area contributed by atoms with Crippen LogP contribution < -0.4 is 0 Å². The minimum absolute atomic E-state index is 0.0324. The number of carbonyl (C=O) groups is 1. The molecule has 0 bridgehead atoms. The topological polar surface area (TPSA) is 86.0 Å². The van der Waals surface area contributed by atoms with Gasteiger partial charge < -0.3 is 0 Å². The van der Waals surface area contributed by atoms with Crippen molar-refractivity contribution in [1.82, 2.24) is 10.2 Å². The molecule has 0 aliphatic heterocycles. The minimum atomic E-state index is -0.471. The van der Waals surface area contributed by atoms with Gasteiger partial charge in [0.2, 0.25) is 0 Å². The van der Waals surface area contributed by atoms with Gasteiger partial charge in [0.25, 0.3) is 5.69 Å². The molecule has 0 unspecified atom stereocenters. The standard InChI is InChI=1S/C14H15N3O3S3/c1-3-6-21-13-15-16-14(23-13)22-8-12(18)10-5-4-9(2)11(7-10)17(19)20/h4-5,7H,3,6,8H2,1-2H3. The molecule has 9 heteroatoms. The summed E-state index contributed by atoms with van der Waals surface area (Å²) in [6.45, 7) is 3.75. The lowest BCUT2D eigenvalue weighted by atomic mass is 10.1. The van der Waals surface area contributed by atoms with Gasteiger partial charge in [0.15, 0.2) is 14.5 Å². The van der Waals surface area contributed by atoms with Gasteiger partial charge in [0.1, 0.15) is 0 Å². The SMILES string of the molecule is CCCSc1nnc(SCC(=O)c2ccc(C)c([N+](=O)[O-])c2)s1. The third-order valence-corrected chi connectivity index (χ3v) is 6.27. The lowest BCUT2D eigenvalue weighted by Gasteiger charge is -2.01. The summed E-state index contributed by atoms with van der Waals surface area (Å²) in [4.78, 5) is 22.7. The number of benzene rings is 1. The second kappa shape index (κ2) is 8.42. The highest BCUT2D eigenvalue weighted by Crippen LogP contribution is 2.29. The Bertz CT molecular complexity index is 718. The second-order valence-electron chi connectivity index (χ2n) is 4.65. The molecule has 0 spiro atoms. The molecule has 1 aromatic heterocycles. The fourth-order valence-electron chi connectivity index (χ4n) is 1.69. The van der Waals surface area contributed by atoms with Gasteiger partial charge in [-0.05, 0) is 13.3 Å². The first-order valence-corrected chi connectivity index (χ1v) is 9.67. The number of carbonyl (C=O) groups excluding carboxylic acids is 1. The first kappa shape index (κ1) is 17.9. The van der Waals surface area contributed by atoms with E-state index in [1.54, 1.807) is 30.8 Å². The smallest absolute Gasteiger partial charge is 0.273 e. The maximum Gasteiger partial charge on any atom is 0.273 e. The van der Waals surface area contributed by atoms with Gasteiger partial charge in [0.05, 0.1) is 10.7 Å². The van der Waals surface area contributed by atoms with Gasteiger partial charge in [-0.3, -0.25) is 14.9 Å². The van der Waals surface area contributed by atoms with E-state index in [0.717, 1.165) is 20.9 Å². The van der Waals surface area contributed by atoms with Crippen LogP contribution in [0.4, 0.5) is 5.69 Å². The molecule has 0 fully saturated rings. The summed E-state index contributed by atoms with van der Waals surface area (Å²) in [5.41, 5.74) is 0.857. The molecule has 23 heavy (non-hydrogen) atoms. The summed E-state index contributed by atoms with van der Waals surface area (Å²) in [6, 6.07) is 4.55. The molecule has 0 saturated carbocycles. The summed E-state index contributed by atoms with van der Waals surface area (Å²) < 4.78 is 1.63. The summed E-state index contributed by atoms with van der Waals surface area (Å²) in [6.07, 6.45) is 1.07. The Morgan fingerprint density at radius 2 is 2.00 bits per heavy atom. The highest BCUT2D eigenvalue weighted by molar-refractivity contribution is 8.03. The van der Waals surface area contributed by atoms with Crippen molar-refractivity contribution >= 4 is 46.3 Å². The Morgan fingerprint density at radius 1 is 1.30 bits per heavy atom. The third kappa shape index (κ3) is 5.02. The number of hydrogen-bond donors (Lipinski definition) is 0. The molecule has 0 aliphatic rings. The number of ketones is 1. The summed E-state index contributed by atoms with van der Waals surface area (Å²) >= 11 is 4.42. The van der Waals surface area contributed by atoms with Crippen LogP contribution in [-0.4, -0.2) is 32.4 Å². The van der Waals surface area contributed by atoms with E-state index in [2.05, 4.69) is 17.1 Å². The fraction of sp³-hybridized carbons (Fsp3) is 0.357. The van der Waals surface area contributed by atoms with E-state index in [1.807, 2.05) is 0 Å². The van der Waals surface area contributed by atoms with E-state index >= 15 is 0 Å². The highest BCUT2D eigenvalue weighted by Gasteiger charge is 2.16. The van der Waals surface area contributed by atoms with Gasteiger partial charge in [-0.15, -0.1) is 10.2 Å². The number of nitrogens with zero attached hydrogens (tertiary/aromatic N) is 3. The predicted molar refractivity (Wildman–Crippen MR) is 93.8 cm³/mol. The molecule has 0 aliphatic carbocycles. The highest BCUT2D eigenvalue weighted by atomic mass is 32.2. The summed E-state index contributed by atoms with van der Waals surface area (Å²) in [5, 5.41) is 19.0. The molecule has 2 aromatic rings. The molecule has 2 rings (SSSR count). The van der Waals surface area contributed by atoms with E-state index in [-0.39, 0.29) is 17.2 Å². The molecule has 1 heterocycles. The number of rotatable bonds is 8. The predicted octanol–water partition coefficient (Wildman–Crippen LogP) is 4.23. The van der Waals surface area contributed by atoms with Crippen LogP contribution in [0, 0.1) is 17.0 Å². The van der Waals surface area contributed by atoms with Crippen molar-refractivity contribution in [3.05, 3.63) is 39.4 Å². The third-order valence-electron chi connectivity index (χ3n) is 2.87. The maximum atomic E-state index is 12.2. The molecular formula is C14H15N3O3S3. The number of nitro groups is 1. The van der Waals surface area contributed by atoms with Crippen LogP contribution in [0.3, 0.4) is 0 Å². The number of nitro benzene ring substituents is 1. The zero-order valence-electron chi connectivity index (χ0n) is 12.6. The average molecular weight is 369 g/mol. The maximum absolute atomic E-state index is 12.2. The van der Waals surface area contributed by atoms with E-state index in [1.165, 1.54) is 29.2 Å². The van der Waals surface area contributed by atoms with Crippen molar-refractivity contribution in [2.75, 3.05) is 11.5 Å². The average Bonchev–Trinajstić information content (AvgIpc) is 2.98. The van der Waals surface area contributed by atoms with Crippen molar-refractivity contribution in [2.45, 2.75) is 28.9 Å². The van der Waals surface area contributed by atoms with Crippen LogP contribution in [0.25, 0.3) is 0 Å². The van der Waals surface area contributed by atoms with E-state index < -0.39 is 4.92 Å².